The van der Waals surface area contributed by atoms with Crippen LogP contribution >= 0.6 is 0 Å². The van der Waals surface area contributed by atoms with E-state index in [2.05, 4.69) is 25.8 Å². The number of benzene rings is 1. The lowest BCUT2D eigenvalue weighted by Gasteiger charge is -2.19. The molecule has 18 heavy (non-hydrogen) atoms. The van der Waals surface area contributed by atoms with Gasteiger partial charge in [-0.1, -0.05) is 38.1 Å². The van der Waals surface area contributed by atoms with Crippen molar-refractivity contribution in [2.75, 3.05) is 13.6 Å². The van der Waals surface area contributed by atoms with Gasteiger partial charge in [0, 0.05) is 13.1 Å². The maximum Gasteiger partial charge on any atom is 0.310 e. The van der Waals surface area contributed by atoms with Crippen LogP contribution in [0.1, 0.15) is 37.8 Å². The lowest BCUT2D eigenvalue weighted by Crippen LogP contribution is -2.22. The van der Waals surface area contributed by atoms with Gasteiger partial charge in [0.2, 0.25) is 0 Å². The Bertz CT molecular complexity index is 384. The average molecular weight is 249 g/mol. The zero-order valence-corrected chi connectivity index (χ0v) is 11.7. The molecule has 3 heteroatoms. The quantitative estimate of drug-likeness (QED) is 0.842. The molecular formula is C15H23NO2. The predicted octanol–water partition coefficient (Wildman–Crippen LogP) is 2.96. The van der Waals surface area contributed by atoms with Gasteiger partial charge in [-0.25, -0.2) is 0 Å². The van der Waals surface area contributed by atoms with E-state index in [4.69, 9.17) is 5.11 Å². The minimum Gasteiger partial charge on any atom is -0.481 e. The monoisotopic (exact) mass is 249 g/mol. The highest BCUT2D eigenvalue weighted by Crippen LogP contribution is 2.16. The molecule has 0 saturated carbocycles. The number of hydrogen-bond acceptors (Lipinski definition) is 2. The molecular weight excluding hydrogens is 226 g/mol. The molecule has 100 valence electrons. The van der Waals surface area contributed by atoms with Gasteiger partial charge >= 0.3 is 5.97 Å². The summed E-state index contributed by atoms with van der Waals surface area (Å²) < 4.78 is 0. The second-order valence-electron chi connectivity index (χ2n) is 5.39. The van der Waals surface area contributed by atoms with E-state index in [9.17, 15) is 4.79 Å². The normalized spacial score (nSPS) is 13.0. The molecule has 0 bridgehead atoms. The lowest BCUT2D eigenvalue weighted by atomic mass is 10.00. The van der Waals surface area contributed by atoms with E-state index in [0.717, 1.165) is 18.7 Å². The van der Waals surface area contributed by atoms with Crippen molar-refractivity contribution < 1.29 is 9.90 Å². The summed E-state index contributed by atoms with van der Waals surface area (Å²) >= 11 is 0. The maximum absolute atomic E-state index is 10.9. The van der Waals surface area contributed by atoms with Crippen molar-refractivity contribution in [3.63, 3.8) is 0 Å². The fraction of sp³-hybridized carbons (Fsp3) is 0.533. The summed E-state index contributed by atoms with van der Waals surface area (Å²) in [6.45, 7) is 8.08. The van der Waals surface area contributed by atoms with Crippen LogP contribution < -0.4 is 0 Å². The van der Waals surface area contributed by atoms with Gasteiger partial charge in [0.1, 0.15) is 0 Å². The second kappa shape index (κ2) is 6.55. The highest BCUT2D eigenvalue weighted by molar-refractivity contribution is 5.75. The largest absolute Gasteiger partial charge is 0.481 e. The zero-order valence-electron chi connectivity index (χ0n) is 11.7. The van der Waals surface area contributed by atoms with Crippen molar-refractivity contribution >= 4 is 5.97 Å². The van der Waals surface area contributed by atoms with Crippen LogP contribution in [0.4, 0.5) is 0 Å². The van der Waals surface area contributed by atoms with Crippen LogP contribution in [0.25, 0.3) is 0 Å². The van der Waals surface area contributed by atoms with E-state index in [1.807, 2.05) is 24.3 Å². The van der Waals surface area contributed by atoms with Gasteiger partial charge in [-0.05, 0) is 31.0 Å². The summed E-state index contributed by atoms with van der Waals surface area (Å²) in [5, 5.41) is 8.94. The number of hydrogen-bond donors (Lipinski definition) is 1. The van der Waals surface area contributed by atoms with Crippen molar-refractivity contribution in [2.45, 2.75) is 33.2 Å². The summed E-state index contributed by atoms with van der Waals surface area (Å²) in [6, 6.07) is 7.87. The molecule has 0 aliphatic rings. The van der Waals surface area contributed by atoms with E-state index in [1.54, 1.807) is 6.92 Å². The molecule has 0 spiro atoms. The fourth-order valence-corrected chi connectivity index (χ4v) is 2.05. The molecule has 3 nitrogen and oxygen atoms in total. The molecule has 1 N–H and O–H groups in total. The van der Waals surface area contributed by atoms with Gasteiger partial charge in [0.25, 0.3) is 0 Å². The third kappa shape index (κ3) is 4.49. The minimum absolute atomic E-state index is 0.438. The van der Waals surface area contributed by atoms with Crippen molar-refractivity contribution in [3.8, 4) is 0 Å². The van der Waals surface area contributed by atoms with Gasteiger partial charge < -0.3 is 10.0 Å². The van der Waals surface area contributed by atoms with E-state index < -0.39 is 11.9 Å². The average Bonchev–Trinajstić information content (AvgIpc) is 2.27. The first-order valence-electron chi connectivity index (χ1n) is 6.40. The van der Waals surface area contributed by atoms with Crippen LogP contribution in [0.15, 0.2) is 24.3 Å². The molecule has 0 aliphatic carbocycles. The van der Waals surface area contributed by atoms with E-state index in [0.29, 0.717) is 5.92 Å². The highest BCUT2D eigenvalue weighted by Gasteiger charge is 2.13. The van der Waals surface area contributed by atoms with Gasteiger partial charge in [-0.2, -0.15) is 0 Å². The molecule has 1 unspecified atom stereocenters. The van der Waals surface area contributed by atoms with E-state index in [-0.39, 0.29) is 0 Å². The predicted molar refractivity (Wildman–Crippen MR) is 73.7 cm³/mol. The molecule has 0 aliphatic heterocycles. The first-order valence-corrected chi connectivity index (χ1v) is 6.40. The third-order valence-corrected chi connectivity index (χ3v) is 2.98. The Hall–Kier alpha value is -1.35. The Balaban J connectivity index is 2.63. The first kappa shape index (κ1) is 14.7. The molecule has 0 heterocycles. The van der Waals surface area contributed by atoms with Crippen LogP contribution in [0.5, 0.6) is 0 Å². The van der Waals surface area contributed by atoms with Crippen molar-refractivity contribution in [1.82, 2.24) is 4.90 Å². The Kier molecular flexibility index (Phi) is 5.35. The molecule has 1 atom stereocenters. The molecule has 0 radical (unpaired) electrons. The van der Waals surface area contributed by atoms with Crippen LogP contribution in [-0.4, -0.2) is 29.6 Å². The third-order valence-electron chi connectivity index (χ3n) is 2.98. The summed E-state index contributed by atoms with van der Waals surface area (Å²) in [6.07, 6.45) is 0. The SMILES string of the molecule is CC(C)CN(C)Cc1ccc(C(C)C(=O)O)cc1. The summed E-state index contributed by atoms with van der Waals surface area (Å²) in [4.78, 5) is 13.2. The van der Waals surface area contributed by atoms with Gasteiger partial charge in [0.15, 0.2) is 0 Å². The van der Waals surface area contributed by atoms with Crippen molar-refractivity contribution in [2.24, 2.45) is 5.92 Å². The maximum atomic E-state index is 10.9. The van der Waals surface area contributed by atoms with E-state index >= 15 is 0 Å². The number of nitrogens with zero attached hydrogens (tertiary/aromatic N) is 1. The first-order chi connectivity index (χ1) is 8.40. The smallest absolute Gasteiger partial charge is 0.310 e. The molecule has 0 amide bonds. The summed E-state index contributed by atoms with van der Waals surface area (Å²) in [5.41, 5.74) is 2.08. The van der Waals surface area contributed by atoms with Gasteiger partial charge in [0.05, 0.1) is 5.92 Å². The van der Waals surface area contributed by atoms with Crippen LogP contribution in [0.2, 0.25) is 0 Å². The Labute approximate surface area is 109 Å². The molecule has 0 fully saturated rings. The van der Waals surface area contributed by atoms with E-state index in [1.165, 1.54) is 5.56 Å². The van der Waals surface area contributed by atoms with Crippen molar-refractivity contribution in [1.29, 1.82) is 0 Å². The number of aliphatic carboxylic acids is 1. The van der Waals surface area contributed by atoms with Crippen molar-refractivity contribution in [3.05, 3.63) is 35.4 Å². The van der Waals surface area contributed by atoms with Crippen LogP contribution in [-0.2, 0) is 11.3 Å². The topological polar surface area (TPSA) is 40.5 Å². The Morgan fingerprint density at radius 1 is 1.22 bits per heavy atom. The van der Waals surface area contributed by atoms with Crippen LogP contribution in [0, 0.1) is 5.92 Å². The standard InChI is InChI=1S/C15H23NO2/c1-11(2)9-16(4)10-13-5-7-14(8-6-13)12(3)15(17)18/h5-8,11-12H,9-10H2,1-4H3,(H,17,18). The highest BCUT2D eigenvalue weighted by atomic mass is 16.4. The summed E-state index contributed by atoms with van der Waals surface area (Å²) in [5.74, 6) is -0.562. The minimum atomic E-state index is -0.778. The lowest BCUT2D eigenvalue weighted by molar-refractivity contribution is -0.138. The van der Waals surface area contributed by atoms with Gasteiger partial charge in [-0.15, -0.1) is 0 Å². The molecule has 1 aromatic rings. The zero-order chi connectivity index (χ0) is 13.7. The summed E-state index contributed by atoms with van der Waals surface area (Å²) in [7, 11) is 2.10. The number of carboxylic acid groups (broad SMARTS) is 1. The molecule has 1 rings (SSSR count). The molecule has 1 aromatic carbocycles. The van der Waals surface area contributed by atoms with Gasteiger partial charge in [-0.3, -0.25) is 4.79 Å². The fourth-order valence-electron chi connectivity index (χ4n) is 2.05. The van der Waals surface area contributed by atoms with Crippen LogP contribution in [0.3, 0.4) is 0 Å². The Morgan fingerprint density at radius 3 is 2.22 bits per heavy atom. The number of rotatable bonds is 6. The molecule has 0 saturated heterocycles. The Morgan fingerprint density at radius 2 is 1.78 bits per heavy atom. The second-order valence-corrected chi connectivity index (χ2v) is 5.39. The molecule has 0 aromatic heterocycles. The number of carboxylic acids is 1. The number of carbonyl (C=O) groups is 1.